The molecule has 0 bridgehead atoms. The number of sulfonamides is 1. The molecule has 10 nitrogen and oxygen atoms in total. The van der Waals surface area contributed by atoms with E-state index in [1.165, 1.54) is 34.5 Å². The number of nitro groups is 1. The molecule has 1 saturated heterocycles. The zero-order chi connectivity index (χ0) is 22.1. The number of phenols is 1. The number of amides is 1. The Morgan fingerprint density at radius 2 is 1.80 bits per heavy atom. The number of hydrogen-bond donors (Lipinski definition) is 1. The number of aryl methyl sites for hydroxylation is 1. The molecule has 30 heavy (non-hydrogen) atoms. The topological polar surface area (TPSA) is 130 Å². The van der Waals surface area contributed by atoms with Gasteiger partial charge < -0.3 is 14.7 Å². The minimum atomic E-state index is -3.99. The van der Waals surface area contributed by atoms with Crippen molar-refractivity contribution in [2.45, 2.75) is 11.8 Å². The van der Waals surface area contributed by atoms with Crippen molar-refractivity contribution in [2.24, 2.45) is 0 Å². The van der Waals surface area contributed by atoms with E-state index in [-0.39, 0.29) is 54.0 Å². The van der Waals surface area contributed by atoms with E-state index in [2.05, 4.69) is 0 Å². The lowest BCUT2D eigenvalue weighted by Crippen LogP contribution is -2.50. The van der Waals surface area contributed by atoms with Crippen LogP contribution in [0.25, 0.3) is 0 Å². The number of aromatic hydroxyl groups is 1. The molecule has 0 atom stereocenters. The fraction of sp³-hybridized carbons (Fsp3) is 0.316. The second kappa shape index (κ2) is 8.28. The summed E-state index contributed by atoms with van der Waals surface area (Å²) in [5, 5.41) is 21.2. The smallest absolute Gasteiger partial charge is 0.312 e. The normalized spacial score (nSPS) is 15.1. The van der Waals surface area contributed by atoms with Crippen molar-refractivity contribution in [3.8, 4) is 11.5 Å². The molecule has 0 aromatic heterocycles. The van der Waals surface area contributed by atoms with E-state index in [4.69, 9.17) is 4.74 Å². The zero-order valence-corrected chi connectivity index (χ0v) is 17.3. The molecule has 11 heteroatoms. The molecule has 1 fully saturated rings. The summed E-state index contributed by atoms with van der Waals surface area (Å²) < 4.78 is 31.9. The number of carbonyl (C=O) groups excluding carboxylic acids is 1. The number of piperazine rings is 1. The largest absolute Gasteiger partial charge is 0.507 e. The number of benzene rings is 2. The second-order valence-electron chi connectivity index (χ2n) is 6.81. The zero-order valence-electron chi connectivity index (χ0n) is 16.4. The van der Waals surface area contributed by atoms with Crippen molar-refractivity contribution in [2.75, 3.05) is 33.3 Å². The van der Waals surface area contributed by atoms with Gasteiger partial charge in [-0.2, -0.15) is 4.31 Å². The van der Waals surface area contributed by atoms with Gasteiger partial charge in [0.05, 0.1) is 22.5 Å². The van der Waals surface area contributed by atoms with Crippen LogP contribution in [0.1, 0.15) is 15.9 Å². The predicted molar refractivity (Wildman–Crippen MR) is 107 cm³/mol. The monoisotopic (exact) mass is 435 g/mol. The van der Waals surface area contributed by atoms with E-state index < -0.39 is 20.6 Å². The minimum absolute atomic E-state index is 0.0283. The summed E-state index contributed by atoms with van der Waals surface area (Å²) in [6.07, 6.45) is 0. The van der Waals surface area contributed by atoms with Crippen LogP contribution in [0.4, 0.5) is 5.69 Å². The molecule has 0 aliphatic carbocycles. The van der Waals surface area contributed by atoms with Gasteiger partial charge in [0, 0.05) is 32.2 Å². The summed E-state index contributed by atoms with van der Waals surface area (Å²) in [6.45, 7) is 2.11. The first kappa shape index (κ1) is 21.5. The van der Waals surface area contributed by atoms with E-state index in [1.54, 1.807) is 19.1 Å². The highest BCUT2D eigenvalue weighted by Crippen LogP contribution is 2.31. The number of methoxy groups -OCH3 is 1. The van der Waals surface area contributed by atoms with Crippen LogP contribution in [0.2, 0.25) is 0 Å². The van der Waals surface area contributed by atoms with Crippen LogP contribution >= 0.6 is 0 Å². The Morgan fingerprint density at radius 3 is 2.40 bits per heavy atom. The molecular weight excluding hydrogens is 414 g/mol. The number of hydrogen-bond acceptors (Lipinski definition) is 7. The van der Waals surface area contributed by atoms with E-state index >= 15 is 0 Å². The Morgan fingerprint density at radius 1 is 1.13 bits per heavy atom. The second-order valence-corrected chi connectivity index (χ2v) is 8.75. The van der Waals surface area contributed by atoms with Gasteiger partial charge in [-0.3, -0.25) is 14.9 Å². The third kappa shape index (κ3) is 4.07. The van der Waals surface area contributed by atoms with Gasteiger partial charge in [0.25, 0.3) is 5.91 Å². The highest BCUT2D eigenvalue weighted by Gasteiger charge is 2.32. The van der Waals surface area contributed by atoms with E-state index in [1.807, 2.05) is 0 Å². The third-order valence-corrected chi connectivity index (χ3v) is 6.79. The van der Waals surface area contributed by atoms with Gasteiger partial charge in [-0.1, -0.05) is 11.6 Å². The summed E-state index contributed by atoms with van der Waals surface area (Å²) in [6, 6.07) is 8.17. The molecule has 0 saturated carbocycles. The Bertz CT molecular complexity index is 1090. The van der Waals surface area contributed by atoms with Gasteiger partial charge in [0.2, 0.25) is 10.0 Å². The maximum atomic E-state index is 12.9. The molecule has 2 aromatic carbocycles. The predicted octanol–water partition coefficient (Wildman–Crippen LogP) is 1.76. The molecule has 0 unspecified atom stereocenters. The summed E-state index contributed by atoms with van der Waals surface area (Å²) in [5.41, 5.74) is 0.540. The van der Waals surface area contributed by atoms with Gasteiger partial charge in [0.15, 0.2) is 5.75 Å². The quantitative estimate of drug-likeness (QED) is 0.559. The molecule has 1 amide bonds. The van der Waals surface area contributed by atoms with Crippen LogP contribution < -0.4 is 4.74 Å². The molecule has 3 rings (SSSR count). The van der Waals surface area contributed by atoms with E-state index in [0.29, 0.717) is 0 Å². The van der Waals surface area contributed by atoms with Crippen LogP contribution in [-0.4, -0.2) is 66.8 Å². The van der Waals surface area contributed by atoms with Gasteiger partial charge in [-0.25, -0.2) is 8.42 Å². The van der Waals surface area contributed by atoms with Crippen LogP contribution in [0.5, 0.6) is 11.5 Å². The average molecular weight is 435 g/mol. The molecule has 1 aliphatic heterocycles. The van der Waals surface area contributed by atoms with E-state index in [0.717, 1.165) is 11.6 Å². The number of ether oxygens (including phenoxy) is 1. The first-order valence-electron chi connectivity index (χ1n) is 9.06. The fourth-order valence-corrected chi connectivity index (χ4v) is 4.69. The SMILES string of the molecule is COc1ccc(S(=O)(=O)N2CCN(C(=O)c3cc(C)ccc3O)CC2)cc1[N+](=O)[O-]. The molecule has 1 aliphatic rings. The van der Waals surface area contributed by atoms with Gasteiger partial charge >= 0.3 is 5.69 Å². The molecular formula is C19H21N3O7S. The lowest BCUT2D eigenvalue weighted by molar-refractivity contribution is -0.386. The fourth-order valence-electron chi connectivity index (χ4n) is 3.25. The third-order valence-electron chi connectivity index (χ3n) is 4.89. The highest BCUT2D eigenvalue weighted by atomic mass is 32.2. The van der Waals surface area contributed by atoms with Crippen molar-refractivity contribution in [1.29, 1.82) is 0 Å². The number of carbonyl (C=O) groups is 1. The highest BCUT2D eigenvalue weighted by molar-refractivity contribution is 7.89. The minimum Gasteiger partial charge on any atom is -0.507 e. The Labute approximate surface area is 173 Å². The molecule has 0 spiro atoms. The average Bonchev–Trinajstić information content (AvgIpc) is 2.74. The molecule has 1 heterocycles. The lowest BCUT2D eigenvalue weighted by Gasteiger charge is -2.34. The van der Waals surface area contributed by atoms with Crippen molar-refractivity contribution in [3.63, 3.8) is 0 Å². The van der Waals surface area contributed by atoms with Crippen molar-refractivity contribution >= 4 is 21.6 Å². The van der Waals surface area contributed by atoms with Crippen molar-refractivity contribution in [3.05, 3.63) is 57.6 Å². The summed E-state index contributed by atoms with van der Waals surface area (Å²) in [7, 11) is -2.72. The summed E-state index contributed by atoms with van der Waals surface area (Å²) >= 11 is 0. The molecule has 0 radical (unpaired) electrons. The van der Waals surface area contributed by atoms with Gasteiger partial charge in [-0.15, -0.1) is 0 Å². The Balaban J connectivity index is 1.77. The summed E-state index contributed by atoms with van der Waals surface area (Å²) in [4.78, 5) is 24.4. The van der Waals surface area contributed by atoms with Gasteiger partial charge in [-0.05, 0) is 31.2 Å². The number of nitro benzene ring substituents is 1. The number of nitrogens with zero attached hydrogens (tertiary/aromatic N) is 3. The van der Waals surface area contributed by atoms with Crippen LogP contribution in [0.3, 0.4) is 0 Å². The lowest BCUT2D eigenvalue weighted by atomic mass is 10.1. The maximum absolute atomic E-state index is 12.9. The molecule has 160 valence electrons. The Hall–Kier alpha value is -3.18. The molecule has 2 aromatic rings. The number of rotatable bonds is 5. The summed E-state index contributed by atoms with van der Waals surface area (Å²) in [5.74, 6) is -0.549. The standard InChI is InChI=1S/C19H21N3O7S/c1-13-3-5-17(23)15(11-13)19(24)20-7-9-21(10-8-20)30(27,28)14-4-6-18(29-2)16(12-14)22(25)26/h3-6,11-12,23H,7-10H2,1-2H3. The van der Waals surface area contributed by atoms with E-state index in [9.17, 15) is 28.4 Å². The Kier molecular flexibility index (Phi) is 5.94. The first-order valence-corrected chi connectivity index (χ1v) is 10.5. The number of phenolic OH excluding ortho intramolecular Hbond substituents is 1. The van der Waals surface area contributed by atoms with Crippen LogP contribution in [-0.2, 0) is 10.0 Å². The van der Waals surface area contributed by atoms with Gasteiger partial charge in [0.1, 0.15) is 5.75 Å². The van der Waals surface area contributed by atoms with Crippen molar-refractivity contribution < 1.29 is 28.0 Å². The van der Waals surface area contributed by atoms with Crippen molar-refractivity contribution in [1.82, 2.24) is 9.21 Å². The first-order chi connectivity index (χ1) is 14.1. The van der Waals surface area contributed by atoms with Crippen LogP contribution in [0.15, 0.2) is 41.3 Å². The molecule has 1 N–H and O–H groups in total. The maximum Gasteiger partial charge on any atom is 0.312 e. The van der Waals surface area contributed by atoms with Crippen LogP contribution in [0, 0.1) is 17.0 Å².